The maximum absolute atomic E-state index is 3.62. The van der Waals surface area contributed by atoms with E-state index in [1.54, 1.807) is 0 Å². The zero-order chi connectivity index (χ0) is 12.1. The van der Waals surface area contributed by atoms with Gasteiger partial charge in [0.05, 0.1) is 5.54 Å². The molecule has 0 amide bonds. The molecule has 3 heteroatoms. The van der Waals surface area contributed by atoms with E-state index in [1.807, 2.05) is 11.3 Å². The molecule has 0 spiro atoms. The van der Waals surface area contributed by atoms with Crippen LogP contribution in [0.5, 0.6) is 0 Å². The van der Waals surface area contributed by atoms with E-state index < -0.39 is 0 Å². The van der Waals surface area contributed by atoms with Crippen LogP contribution in [0.1, 0.15) is 24.3 Å². The monoisotopic (exact) mass is 281 g/mol. The lowest BCUT2D eigenvalue weighted by Crippen LogP contribution is -2.40. The third kappa shape index (κ3) is 3.58. The zero-order valence-corrected chi connectivity index (χ0v) is 12.5. The predicted octanol–water partition coefficient (Wildman–Crippen LogP) is 4.24. The van der Waals surface area contributed by atoms with Crippen molar-refractivity contribution >= 4 is 23.7 Å². The third-order valence-electron chi connectivity index (χ3n) is 3.03. The molecule has 0 bridgehead atoms. The highest BCUT2D eigenvalue weighted by Crippen LogP contribution is 2.29. The molecule has 1 atom stereocenters. The average Bonchev–Trinajstić information content (AvgIpc) is 2.84. The summed E-state index contributed by atoms with van der Waals surface area (Å²) in [5, 5.41) is 5.77. The molecule has 0 radical (unpaired) electrons. The fourth-order valence-electron chi connectivity index (χ4n) is 2.22. The third-order valence-corrected chi connectivity index (χ3v) is 4.17. The van der Waals surface area contributed by atoms with Gasteiger partial charge in [-0.15, -0.1) is 23.7 Å². The fourth-order valence-corrected chi connectivity index (χ4v) is 3.09. The van der Waals surface area contributed by atoms with Crippen molar-refractivity contribution in [3.63, 3.8) is 0 Å². The highest BCUT2D eigenvalue weighted by atomic mass is 35.5. The number of thiophene rings is 1. The second kappa shape index (κ2) is 6.93. The molecule has 0 saturated heterocycles. The van der Waals surface area contributed by atoms with E-state index in [2.05, 4.69) is 67.0 Å². The molecule has 1 nitrogen and oxygen atoms in total. The van der Waals surface area contributed by atoms with Crippen LogP contribution >= 0.6 is 23.7 Å². The van der Waals surface area contributed by atoms with Crippen molar-refractivity contribution in [1.82, 2.24) is 5.32 Å². The van der Waals surface area contributed by atoms with Gasteiger partial charge in [-0.05, 0) is 36.9 Å². The van der Waals surface area contributed by atoms with Gasteiger partial charge in [0.1, 0.15) is 0 Å². The summed E-state index contributed by atoms with van der Waals surface area (Å²) in [6.07, 6.45) is 1.03. The Morgan fingerprint density at radius 1 is 1.11 bits per heavy atom. The topological polar surface area (TPSA) is 12.0 Å². The summed E-state index contributed by atoms with van der Waals surface area (Å²) < 4.78 is 0. The van der Waals surface area contributed by atoms with Crippen LogP contribution in [0.4, 0.5) is 0 Å². The summed E-state index contributed by atoms with van der Waals surface area (Å²) in [7, 11) is 0. The van der Waals surface area contributed by atoms with Gasteiger partial charge in [-0.1, -0.05) is 43.3 Å². The van der Waals surface area contributed by atoms with Gasteiger partial charge in [-0.3, -0.25) is 0 Å². The predicted molar refractivity (Wildman–Crippen MR) is 82.7 cm³/mol. The molecule has 0 aliphatic rings. The van der Waals surface area contributed by atoms with E-state index in [4.69, 9.17) is 0 Å². The fraction of sp³-hybridized carbons (Fsp3) is 0.333. The summed E-state index contributed by atoms with van der Waals surface area (Å²) in [5.74, 6) is 0. The van der Waals surface area contributed by atoms with E-state index >= 15 is 0 Å². The van der Waals surface area contributed by atoms with Gasteiger partial charge in [0.15, 0.2) is 0 Å². The number of benzene rings is 1. The number of nitrogens with one attached hydrogen (secondary N) is 1. The molecule has 0 fully saturated rings. The molecule has 1 unspecified atom stereocenters. The molecule has 0 aliphatic carbocycles. The molecular formula is C15H20ClNS. The van der Waals surface area contributed by atoms with Crippen LogP contribution in [0.15, 0.2) is 47.8 Å². The first-order valence-corrected chi connectivity index (χ1v) is 6.95. The minimum absolute atomic E-state index is 0. The molecule has 2 rings (SSSR count). The summed E-state index contributed by atoms with van der Waals surface area (Å²) in [5.41, 5.74) is 1.42. The first-order valence-electron chi connectivity index (χ1n) is 6.07. The Bertz CT molecular complexity index is 441. The van der Waals surface area contributed by atoms with E-state index in [9.17, 15) is 0 Å². The van der Waals surface area contributed by atoms with Crippen LogP contribution in [0.3, 0.4) is 0 Å². The van der Waals surface area contributed by atoms with Crippen LogP contribution in [0.2, 0.25) is 0 Å². The summed E-state index contributed by atoms with van der Waals surface area (Å²) in [6.45, 7) is 5.44. The zero-order valence-electron chi connectivity index (χ0n) is 10.8. The molecule has 18 heavy (non-hydrogen) atoms. The van der Waals surface area contributed by atoms with Gasteiger partial charge in [0.2, 0.25) is 0 Å². The van der Waals surface area contributed by atoms with Crippen LogP contribution in [-0.4, -0.2) is 6.54 Å². The number of likely N-dealkylation sites (N-methyl/N-ethyl adjacent to an activating group) is 1. The largest absolute Gasteiger partial charge is 0.307 e. The number of hydrogen-bond donors (Lipinski definition) is 1. The first kappa shape index (κ1) is 15.2. The Balaban J connectivity index is 0.00000162. The Labute approximate surface area is 120 Å². The molecule has 1 heterocycles. The smallest absolute Gasteiger partial charge is 0.0540 e. The van der Waals surface area contributed by atoms with Gasteiger partial charge in [0, 0.05) is 4.88 Å². The average molecular weight is 282 g/mol. The lowest BCUT2D eigenvalue weighted by Gasteiger charge is -2.30. The standard InChI is InChI=1S/C15H19NS.ClH/c1-3-16-15(2,14-10-7-11-17-14)12-13-8-5-4-6-9-13;/h4-11,16H,3,12H2,1-2H3;1H. The lowest BCUT2D eigenvalue weighted by molar-refractivity contribution is 0.380. The molecule has 98 valence electrons. The van der Waals surface area contributed by atoms with Crippen LogP contribution in [0, 0.1) is 0 Å². The van der Waals surface area contributed by atoms with Crippen molar-refractivity contribution < 1.29 is 0 Å². The second-order valence-corrected chi connectivity index (χ2v) is 5.45. The van der Waals surface area contributed by atoms with Crippen molar-refractivity contribution in [2.75, 3.05) is 6.54 Å². The molecule has 0 aliphatic heterocycles. The number of hydrogen-bond acceptors (Lipinski definition) is 2. The Hall–Kier alpha value is -0.830. The summed E-state index contributed by atoms with van der Waals surface area (Å²) in [6, 6.07) is 15.0. The van der Waals surface area contributed by atoms with Crippen molar-refractivity contribution in [3.8, 4) is 0 Å². The van der Waals surface area contributed by atoms with E-state index in [0.717, 1.165) is 13.0 Å². The highest BCUT2D eigenvalue weighted by molar-refractivity contribution is 7.10. The maximum atomic E-state index is 3.62. The minimum atomic E-state index is 0. The molecule has 2 aromatic rings. The van der Waals surface area contributed by atoms with Gasteiger partial charge >= 0.3 is 0 Å². The number of rotatable bonds is 5. The number of halogens is 1. The van der Waals surface area contributed by atoms with Crippen LogP contribution < -0.4 is 5.32 Å². The Morgan fingerprint density at radius 3 is 2.39 bits per heavy atom. The van der Waals surface area contributed by atoms with Crippen molar-refractivity contribution in [2.45, 2.75) is 25.8 Å². The van der Waals surface area contributed by atoms with Gasteiger partial charge in [0.25, 0.3) is 0 Å². The van der Waals surface area contributed by atoms with Crippen molar-refractivity contribution in [2.24, 2.45) is 0 Å². The van der Waals surface area contributed by atoms with E-state index in [1.165, 1.54) is 10.4 Å². The second-order valence-electron chi connectivity index (χ2n) is 4.50. The maximum Gasteiger partial charge on any atom is 0.0540 e. The quantitative estimate of drug-likeness (QED) is 0.864. The lowest BCUT2D eigenvalue weighted by atomic mass is 9.91. The molecule has 1 aromatic carbocycles. The summed E-state index contributed by atoms with van der Waals surface area (Å²) in [4.78, 5) is 1.41. The first-order chi connectivity index (χ1) is 8.24. The van der Waals surface area contributed by atoms with E-state index in [-0.39, 0.29) is 17.9 Å². The highest BCUT2D eigenvalue weighted by Gasteiger charge is 2.26. The Kier molecular flexibility index (Phi) is 5.86. The summed E-state index contributed by atoms with van der Waals surface area (Å²) >= 11 is 1.83. The van der Waals surface area contributed by atoms with Crippen molar-refractivity contribution in [1.29, 1.82) is 0 Å². The van der Waals surface area contributed by atoms with Crippen LogP contribution in [0.25, 0.3) is 0 Å². The minimum Gasteiger partial charge on any atom is -0.307 e. The van der Waals surface area contributed by atoms with Crippen LogP contribution in [-0.2, 0) is 12.0 Å². The van der Waals surface area contributed by atoms with Gasteiger partial charge < -0.3 is 5.32 Å². The normalized spacial score (nSPS) is 13.7. The molecular weight excluding hydrogens is 262 g/mol. The van der Waals surface area contributed by atoms with Gasteiger partial charge in [-0.2, -0.15) is 0 Å². The van der Waals surface area contributed by atoms with E-state index in [0.29, 0.717) is 0 Å². The van der Waals surface area contributed by atoms with Gasteiger partial charge in [-0.25, -0.2) is 0 Å². The van der Waals surface area contributed by atoms with Crippen molar-refractivity contribution in [3.05, 3.63) is 58.3 Å². The molecule has 0 saturated carbocycles. The SMILES string of the molecule is CCNC(C)(Cc1ccccc1)c1cccs1.Cl. The molecule has 1 N–H and O–H groups in total. The molecule has 1 aromatic heterocycles. The Morgan fingerprint density at radius 2 is 1.83 bits per heavy atom.